The molecule has 5 nitrogen and oxygen atoms in total. The van der Waals surface area contributed by atoms with E-state index in [-0.39, 0.29) is 17.4 Å². The summed E-state index contributed by atoms with van der Waals surface area (Å²) in [5.74, 6) is -0.504. The van der Waals surface area contributed by atoms with E-state index in [1.165, 1.54) is 11.1 Å². The van der Waals surface area contributed by atoms with Crippen molar-refractivity contribution in [2.45, 2.75) is 57.1 Å². The van der Waals surface area contributed by atoms with Crippen LogP contribution in [0.15, 0.2) is 54.6 Å². The van der Waals surface area contributed by atoms with E-state index < -0.39 is 18.1 Å². The van der Waals surface area contributed by atoms with Crippen LogP contribution in [0.5, 0.6) is 0 Å². The average Bonchev–Trinajstić information content (AvgIpc) is 2.64. The molecular formula is C24H27NO4. The molecule has 2 aromatic carbocycles. The van der Waals surface area contributed by atoms with Gasteiger partial charge in [-0.1, -0.05) is 68.4 Å². The molecule has 1 unspecified atom stereocenters. The second-order valence-electron chi connectivity index (χ2n) is 8.93. The third kappa shape index (κ3) is 3.50. The van der Waals surface area contributed by atoms with Gasteiger partial charge in [-0.05, 0) is 47.3 Å². The summed E-state index contributed by atoms with van der Waals surface area (Å²) in [6.07, 6.45) is 1.69. The molecule has 29 heavy (non-hydrogen) atoms. The summed E-state index contributed by atoms with van der Waals surface area (Å²) in [6, 6.07) is 17.1. The Morgan fingerprint density at radius 1 is 1.03 bits per heavy atom. The van der Waals surface area contributed by atoms with Crippen molar-refractivity contribution in [3.63, 3.8) is 0 Å². The molecule has 2 aromatic rings. The number of hydrogen-bond acceptors (Lipinski definition) is 3. The fourth-order valence-electron chi connectivity index (χ4n) is 5.06. The number of alkyl carbamates (subject to hydrolysis) is 1. The van der Waals surface area contributed by atoms with E-state index in [9.17, 15) is 14.7 Å². The van der Waals surface area contributed by atoms with E-state index in [1.54, 1.807) is 0 Å². The van der Waals surface area contributed by atoms with Gasteiger partial charge in [-0.25, -0.2) is 9.59 Å². The minimum Gasteiger partial charge on any atom is -0.480 e. The lowest BCUT2D eigenvalue weighted by Gasteiger charge is -2.72. The molecule has 0 saturated heterocycles. The Morgan fingerprint density at radius 2 is 1.66 bits per heavy atom. The number of nitrogens with one attached hydrogen (secondary N) is 1. The van der Waals surface area contributed by atoms with Crippen molar-refractivity contribution in [1.29, 1.82) is 0 Å². The predicted octanol–water partition coefficient (Wildman–Crippen LogP) is 4.61. The van der Waals surface area contributed by atoms with Gasteiger partial charge in [-0.3, -0.25) is 0 Å². The van der Waals surface area contributed by atoms with Crippen LogP contribution in [0.1, 0.15) is 55.7 Å². The topological polar surface area (TPSA) is 75.6 Å². The van der Waals surface area contributed by atoms with Gasteiger partial charge >= 0.3 is 12.1 Å². The molecule has 0 heterocycles. The normalized spacial score (nSPS) is 25.5. The molecule has 3 aliphatic rings. The Labute approximate surface area is 171 Å². The lowest BCUT2D eigenvalue weighted by atomic mass is 9.31. The molecule has 5 rings (SSSR count). The molecule has 1 amide bonds. The first kappa shape index (κ1) is 19.5. The predicted molar refractivity (Wildman–Crippen MR) is 110 cm³/mol. The molecule has 1 atom stereocenters. The number of ether oxygens (including phenoxy) is 1. The minimum atomic E-state index is -0.995. The third-order valence-corrected chi connectivity index (χ3v) is 6.60. The van der Waals surface area contributed by atoms with Gasteiger partial charge in [0.2, 0.25) is 0 Å². The number of carbonyl (C=O) groups is 2. The number of benzene rings is 2. The highest BCUT2D eigenvalue weighted by Gasteiger charge is 2.72. The lowest BCUT2D eigenvalue weighted by molar-refractivity contribution is -0.183. The number of amides is 1. The van der Waals surface area contributed by atoms with Crippen LogP contribution in [0.25, 0.3) is 0 Å². The molecule has 3 fully saturated rings. The van der Waals surface area contributed by atoms with Crippen LogP contribution >= 0.6 is 0 Å². The number of carboxylic acids is 1. The summed E-state index contributed by atoms with van der Waals surface area (Å²) >= 11 is 0. The molecule has 2 bridgehead atoms. The van der Waals surface area contributed by atoms with Crippen molar-refractivity contribution in [3.05, 3.63) is 71.3 Å². The van der Waals surface area contributed by atoms with Crippen molar-refractivity contribution in [2.75, 3.05) is 0 Å². The Morgan fingerprint density at radius 3 is 2.21 bits per heavy atom. The van der Waals surface area contributed by atoms with Crippen LogP contribution in [0.2, 0.25) is 0 Å². The fourth-order valence-corrected chi connectivity index (χ4v) is 5.06. The van der Waals surface area contributed by atoms with Gasteiger partial charge in [-0.15, -0.1) is 0 Å². The second kappa shape index (κ2) is 7.21. The zero-order chi connectivity index (χ0) is 20.6. The van der Waals surface area contributed by atoms with Gasteiger partial charge in [0.1, 0.15) is 12.6 Å². The van der Waals surface area contributed by atoms with Crippen LogP contribution in [0.4, 0.5) is 4.79 Å². The van der Waals surface area contributed by atoms with Gasteiger partial charge < -0.3 is 15.2 Å². The van der Waals surface area contributed by atoms with Gasteiger partial charge in [0.15, 0.2) is 0 Å². The van der Waals surface area contributed by atoms with Gasteiger partial charge in [-0.2, -0.15) is 0 Å². The number of carboxylic acid groups (broad SMARTS) is 1. The van der Waals surface area contributed by atoms with Crippen molar-refractivity contribution < 1.29 is 19.4 Å². The Hall–Kier alpha value is -2.82. The Bertz CT molecular complexity index is 884. The van der Waals surface area contributed by atoms with Crippen molar-refractivity contribution in [2.24, 2.45) is 5.41 Å². The van der Waals surface area contributed by atoms with E-state index in [2.05, 4.69) is 43.4 Å². The zero-order valence-corrected chi connectivity index (χ0v) is 16.9. The molecule has 5 heteroatoms. The highest BCUT2D eigenvalue weighted by atomic mass is 16.5. The summed E-state index contributed by atoms with van der Waals surface area (Å²) in [5, 5.41) is 12.3. The number of rotatable bonds is 7. The average molecular weight is 393 g/mol. The molecule has 3 aliphatic carbocycles. The summed E-state index contributed by atoms with van der Waals surface area (Å²) in [4.78, 5) is 24.1. The van der Waals surface area contributed by atoms with E-state index in [4.69, 9.17) is 4.74 Å². The van der Waals surface area contributed by atoms with Crippen LogP contribution < -0.4 is 5.32 Å². The summed E-state index contributed by atoms with van der Waals surface area (Å²) in [5.41, 5.74) is 3.15. The maximum Gasteiger partial charge on any atom is 0.408 e. The SMILES string of the molecule is CC(C)c1ccc(C23CC(C(NC(=O)OCc4ccccc4)C(=O)O)(C2)C3)cc1. The fraction of sp³-hybridized carbons (Fsp3) is 0.417. The van der Waals surface area contributed by atoms with Crippen LogP contribution in [0, 0.1) is 5.41 Å². The zero-order valence-electron chi connectivity index (χ0n) is 16.9. The van der Waals surface area contributed by atoms with Gasteiger partial charge in [0.05, 0.1) is 0 Å². The van der Waals surface area contributed by atoms with Crippen LogP contribution in [-0.4, -0.2) is 23.2 Å². The van der Waals surface area contributed by atoms with Gasteiger partial charge in [0.25, 0.3) is 0 Å². The standard InChI is InChI=1S/C24H27NO4/c1-16(2)18-8-10-19(11-9-18)23-13-24(14-23,15-23)20(21(26)27)25-22(28)29-12-17-6-4-3-5-7-17/h3-11,16,20H,12-15H2,1-2H3,(H,25,28)(H,26,27). The number of hydrogen-bond donors (Lipinski definition) is 2. The quantitative estimate of drug-likeness (QED) is 0.720. The maximum atomic E-state index is 12.2. The summed E-state index contributed by atoms with van der Waals surface area (Å²) in [6.45, 7) is 4.47. The smallest absolute Gasteiger partial charge is 0.408 e. The van der Waals surface area contributed by atoms with Crippen LogP contribution in [-0.2, 0) is 21.6 Å². The van der Waals surface area contributed by atoms with Crippen molar-refractivity contribution in [1.82, 2.24) is 5.32 Å². The largest absolute Gasteiger partial charge is 0.480 e. The summed E-state index contributed by atoms with van der Waals surface area (Å²) < 4.78 is 5.22. The first-order valence-corrected chi connectivity index (χ1v) is 10.1. The number of carbonyl (C=O) groups excluding carboxylic acids is 1. The Balaban J connectivity index is 1.36. The van der Waals surface area contributed by atoms with E-state index in [0.717, 1.165) is 24.8 Å². The minimum absolute atomic E-state index is 0.0683. The third-order valence-electron chi connectivity index (χ3n) is 6.60. The molecular weight excluding hydrogens is 366 g/mol. The highest BCUT2D eigenvalue weighted by Crippen LogP contribution is 2.74. The maximum absolute atomic E-state index is 12.2. The van der Waals surface area contributed by atoms with Crippen molar-refractivity contribution in [3.8, 4) is 0 Å². The van der Waals surface area contributed by atoms with E-state index in [1.807, 2.05) is 30.3 Å². The lowest BCUT2D eigenvalue weighted by Crippen LogP contribution is -2.73. The highest BCUT2D eigenvalue weighted by molar-refractivity contribution is 5.82. The van der Waals surface area contributed by atoms with E-state index in [0.29, 0.717) is 5.92 Å². The first-order chi connectivity index (χ1) is 13.8. The molecule has 0 aromatic heterocycles. The molecule has 152 valence electrons. The molecule has 0 radical (unpaired) electrons. The summed E-state index contributed by atoms with van der Waals surface area (Å²) in [7, 11) is 0. The van der Waals surface area contributed by atoms with E-state index >= 15 is 0 Å². The van der Waals surface area contributed by atoms with Crippen molar-refractivity contribution >= 4 is 12.1 Å². The first-order valence-electron chi connectivity index (χ1n) is 10.1. The van der Waals surface area contributed by atoms with Crippen LogP contribution in [0.3, 0.4) is 0 Å². The monoisotopic (exact) mass is 393 g/mol. The molecule has 0 spiro atoms. The number of aliphatic carboxylic acids is 1. The molecule has 0 aliphatic heterocycles. The van der Waals surface area contributed by atoms with Gasteiger partial charge in [0, 0.05) is 5.41 Å². The second-order valence-corrected chi connectivity index (χ2v) is 8.93. The molecule has 3 saturated carbocycles. The molecule has 2 N–H and O–H groups in total. The Kier molecular flexibility index (Phi) is 4.85.